The Balaban J connectivity index is 1.60. The minimum absolute atomic E-state index is 0.0428. The average molecular weight is 498 g/mol. The van der Waals surface area contributed by atoms with Gasteiger partial charge in [-0.2, -0.15) is 0 Å². The van der Waals surface area contributed by atoms with Crippen LogP contribution in [-0.2, 0) is 14.4 Å². The molecule has 2 N–H and O–H groups in total. The summed E-state index contributed by atoms with van der Waals surface area (Å²) in [4.78, 5) is 49.0. The van der Waals surface area contributed by atoms with Gasteiger partial charge in [0, 0.05) is 45.7 Å². The average Bonchev–Trinajstić information content (AvgIpc) is 3.72. The Hall–Kier alpha value is -2.94. The minimum atomic E-state index is -1.09. The van der Waals surface area contributed by atoms with Gasteiger partial charge in [0.1, 0.15) is 5.84 Å². The number of amides is 3. The summed E-state index contributed by atoms with van der Waals surface area (Å²) in [5.74, 6) is -0.0339. The number of benzodiazepines with no additional fused rings is 1. The smallest absolute Gasteiger partial charge is 0.272 e. The number of anilines is 1. The van der Waals surface area contributed by atoms with Crippen molar-refractivity contribution >= 4 is 29.2 Å². The lowest BCUT2D eigenvalue weighted by atomic mass is 9.91. The summed E-state index contributed by atoms with van der Waals surface area (Å²) in [7, 11) is 1.70. The second-order valence-electron chi connectivity index (χ2n) is 10.3. The Morgan fingerprint density at radius 2 is 1.86 bits per heavy atom. The molecule has 2 aliphatic heterocycles. The highest BCUT2D eigenvalue weighted by atomic mass is 16.3. The van der Waals surface area contributed by atoms with E-state index in [4.69, 9.17) is 4.99 Å². The summed E-state index contributed by atoms with van der Waals surface area (Å²) in [6, 6.07) is 7.60. The van der Waals surface area contributed by atoms with Crippen molar-refractivity contribution in [3.8, 4) is 0 Å². The molecule has 0 unspecified atom stereocenters. The number of amidine groups is 1. The van der Waals surface area contributed by atoms with E-state index in [9.17, 15) is 19.5 Å². The summed E-state index contributed by atoms with van der Waals surface area (Å²) in [5.41, 5.74) is 1.54. The van der Waals surface area contributed by atoms with Gasteiger partial charge in [0.2, 0.25) is 18.0 Å². The maximum absolute atomic E-state index is 13.5. The van der Waals surface area contributed by atoms with Crippen LogP contribution in [0.15, 0.2) is 29.3 Å². The number of likely N-dealkylation sites (N-methyl/N-ethyl adjacent to an activating group) is 1. The first-order valence-corrected chi connectivity index (χ1v) is 13.2. The van der Waals surface area contributed by atoms with Crippen LogP contribution in [0.25, 0.3) is 0 Å². The first-order chi connectivity index (χ1) is 17.3. The fourth-order valence-electron chi connectivity index (χ4n) is 5.09. The van der Waals surface area contributed by atoms with E-state index >= 15 is 0 Å². The molecule has 3 atom stereocenters. The van der Waals surface area contributed by atoms with E-state index in [1.165, 1.54) is 0 Å². The van der Waals surface area contributed by atoms with Crippen LogP contribution < -0.4 is 10.2 Å². The predicted octanol–water partition coefficient (Wildman–Crippen LogP) is 1.98. The van der Waals surface area contributed by atoms with Crippen LogP contribution in [0.4, 0.5) is 5.69 Å². The molecule has 1 aliphatic carbocycles. The van der Waals surface area contributed by atoms with Gasteiger partial charge in [-0.25, -0.2) is 4.99 Å². The topological polar surface area (TPSA) is 106 Å². The third-order valence-electron chi connectivity index (χ3n) is 7.56. The molecule has 1 saturated carbocycles. The molecule has 36 heavy (non-hydrogen) atoms. The zero-order valence-electron chi connectivity index (χ0n) is 21.7. The lowest BCUT2D eigenvalue weighted by molar-refractivity contribution is -0.133. The Morgan fingerprint density at radius 3 is 2.50 bits per heavy atom. The van der Waals surface area contributed by atoms with Crippen molar-refractivity contribution in [1.82, 2.24) is 15.1 Å². The van der Waals surface area contributed by atoms with Gasteiger partial charge in [-0.05, 0) is 30.9 Å². The Kier molecular flexibility index (Phi) is 8.28. The number of hydrogen-bond donors (Lipinski definition) is 2. The van der Waals surface area contributed by atoms with Crippen LogP contribution in [0.2, 0.25) is 0 Å². The van der Waals surface area contributed by atoms with Crippen molar-refractivity contribution < 1.29 is 19.5 Å². The number of benzene rings is 1. The van der Waals surface area contributed by atoms with Gasteiger partial charge in [-0.3, -0.25) is 14.4 Å². The van der Waals surface area contributed by atoms with E-state index in [1.807, 2.05) is 24.3 Å². The van der Waals surface area contributed by atoms with Crippen molar-refractivity contribution in [2.45, 2.75) is 64.6 Å². The molecule has 0 aromatic heterocycles. The second kappa shape index (κ2) is 11.4. The minimum Gasteiger partial charge on any atom is -0.392 e. The zero-order chi connectivity index (χ0) is 25.8. The normalized spacial score (nSPS) is 21.9. The van der Waals surface area contributed by atoms with Crippen LogP contribution in [-0.4, -0.2) is 84.0 Å². The number of fused-ring (bicyclic) bond motifs is 1. The summed E-state index contributed by atoms with van der Waals surface area (Å²) in [6.45, 7) is 5.96. The third-order valence-corrected chi connectivity index (χ3v) is 7.56. The highest BCUT2D eigenvalue weighted by molar-refractivity contribution is 6.12. The molecular weight excluding hydrogens is 458 g/mol. The van der Waals surface area contributed by atoms with Gasteiger partial charge in [0.25, 0.3) is 5.91 Å². The van der Waals surface area contributed by atoms with Crippen LogP contribution in [0, 0.1) is 11.8 Å². The van der Waals surface area contributed by atoms with Gasteiger partial charge in [0.05, 0.1) is 17.7 Å². The number of aliphatic hydroxyl groups is 1. The molecule has 1 aromatic rings. The van der Waals surface area contributed by atoms with E-state index < -0.39 is 18.2 Å². The number of hydrogen-bond acceptors (Lipinski definition) is 6. The zero-order valence-corrected chi connectivity index (χ0v) is 21.7. The van der Waals surface area contributed by atoms with Gasteiger partial charge in [-0.1, -0.05) is 44.7 Å². The van der Waals surface area contributed by atoms with Gasteiger partial charge >= 0.3 is 0 Å². The number of carbonyl (C=O) groups excluding carboxylic acids is 3. The standard InChI is InChI=1S/C27H39N5O4/c1-4-5-10-23(34)21(17-19-11-12-19)26(35)29-24-27(36)30(3)22-9-7-6-8-20(22)25(28-24)32-15-13-31(14-16-32)18(2)33/h6-9,19,21,23-24,34H,4-5,10-17H2,1-3H3,(H,29,35)/t21-,23+,24-/m1/s1. The number of para-hydroxylation sites is 1. The van der Waals surface area contributed by atoms with Crippen LogP contribution in [0.1, 0.15) is 57.9 Å². The van der Waals surface area contributed by atoms with Crippen molar-refractivity contribution in [3.05, 3.63) is 29.8 Å². The van der Waals surface area contributed by atoms with E-state index in [0.29, 0.717) is 50.8 Å². The summed E-state index contributed by atoms with van der Waals surface area (Å²) in [5, 5.41) is 13.7. The van der Waals surface area contributed by atoms with Crippen molar-refractivity contribution in [3.63, 3.8) is 0 Å². The molecule has 9 nitrogen and oxygen atoms in total. The first kappa shape index (κ1) is 26.1. The molecule has 196 valence electrons. The monoisotopic (exact) mass is 497 g/mol. The Bertz CT molecular complexity index is 1000. The quantitative estimate of drug-likeness (QED) is 0.571. The van der Waals surface area contributed by atoms with Gasteiger partial charge in [-0.15, -0.1) is 0 Å². The van der Waals surface area contributed by atoms with Crippen LogP contribution in [0.3, 0.4) is 0 Å². The number of aliphatic imine (C=N–C) groups is 1. The van der Waals surface area contributed by atoms with E-state index in [2.05, 4.69) is 17.1 Å². The number of unbranched alkanes of at least 4 members (excludes halogenated alkanes) is 1. The molecule has 0 radical (unpaired) electrons. The SMILES string of the molecule is CCCC[C@H](O)[C@@H](CC1CC1)C(=O)N[C@H]1N=C(N2CCN(C(C)=O)CC2)c2ccccc2N(C)C1=O. The molecule has 2 fully saturated rings. The number of nitrogens with one attached hydrogen (secondary N) is 1. The number of aliphatic hydroxyl groups excluding tert-OH is 1. The molecule has 0 spiro atoms. The Labute approximate surface area is 213 Å². The van der Waals surface area contributed by atoms with E-state index in [0.717, 1.165) is 36.9 Å². The highest BCUT2D eigenvalue weighted by Gasteiger charge is 2.38. The second-order valence-corrected chi connectivity index (χ2v) is 10.3. The summed E-state index contributed by atoms with van der Waals surface area (Å²) < 4.78 is 0. The number of nitrogens with zero attached hydrogens (tertiary/aromatic N) is 4. The number of carbonyl (C=O) groups is 3. The number of piperazine rings is 1. The lowest BCUT2D eigenvalue weighted by Gasteiger charge is -2.36. The maximum atomic E-state index is 13.5. The van der Waals surface area contributed by atoms with Crippen molar-refractivity contribution in [1.29, 1.82) is 0 Å². The Morgan fingerprint density at radius 1 is 1.17 bits per heavy atom. The predicted molar refractivity (Wildman–Crippen MR) is 139 cm³/mol. The van der Waals surface area contributed by atoms with Crippen molar-refractivity contribution in [2.75, 3.05) is 38.1 Å². The lowest BCUT2D eigenvalue weighted by Crippen LogP contribution is -2.52. The molecule has 3 amide bonds. The molecule has 1 aromatic carbocycles. The van der Waals surface area contributed by atoms with Crippen LogP contribution in [0.5, 0.6) is 0 Å². The molecule has 4 rings (SSSR count). The molecule has 9 heteroatoms. The number of rotatable bonds is 8. The highest BCUT2D eigenvalue weighted by Crippen LogP contribution is 2.37. The van der Waals surface area contributed by atoms with Gasteiger partial charge < -0.3 is 25.1 Å². The summed E-state index contributed by atoms with van der Waals surface area (Å²) >= 11 is 0. The van der Waals surface area contributed by atoms with Gasteiger partial charge in [0.15, 0.2) is 0 Å². The van der Waals surface area contributed by atoms with Crippen molar-refractivity contribution in [2.24, 2.45) is 16.8 Å². The van der Waals surface area contributed by atoms with E-state index in [1.54, 1.807) is 23.8 Å². The maximum Gasteiger partial charge on any atom is 0.272 e. The molecule has 0 bridgehead atoms. The summed E-state index contributed by atoms with van der Waals surface area (Å²) in [6.07, 6.45) is 3.35. The molecule has 2 heterocycles. The van der Waals surface area contributed by atoms with E-state index in [-0.39, 0.29) is 17.7 Å². The molecular formula is C27H39N5O4. The molecule has 1 saturated heterocycles. The fourth-order valence-corrected chi connectivity index (χ4v) is 5.09. The largest absolute Gasteiger partial charge is 0.392 e. The first-order valence-electron chi connectivity index (χ1n) is 13.2. The molecule has 3 aliphatic rings. The fraction of sp³-hybridized carbons (Fsp3) is 0.630. The third kappa shape index (κ3) is 5.88. The van der Waals surface area contributed by atoms with Crippen LogP contribution >= 0.6 is 0 Å².